The maximum Gasteiger partial charge on any atom is 0.229 e. The van der Waals surface area contributed by atoms with Crippen LogP contribution in [-0.4, -0.2) is 39.3 Å². The summed E-state index contributed by atoms with van der Waals surface area (Å²) in [6.07, 6.45) is 2.11. The summed E-state index contributed by atoms with van der Waals surface area (Å²) in [5, 5.41) is 9.22. The molecule has 0 radical (unpaired) electrons. The van der Waals surface area contributed by atoms with Crippen LogP contribution in [0.5, 0.6) is 0 Å². The number of aryl methyl sites for hydroxylation is 2. The van der Waals surface area contributed by atoms with Crippen molar-refractivity contribution >= 4 is 5.95 Å². The van der Waals surface area contributed by atoms with Gasteiger partial charge in [0.1, 0.15) is 11.6 Å². The van der Waals surface area contributed by atoms with Crippen molar-refractivity contribution in [3.8, 4) is 0 Å². The van der Waals surface area contributed by atoms with Crippen LogP contribution in [0.2, 0.25) is 0 Å². The number of hydrogen-bond donors (Lipinski definition) is 1. The average Bonchev–Trinajstić information content (AvgIpc) is 2.63. The van der Waals surface area contributed by atoms with Crippen molar-refractivity contribution in [1.29, 1.82) is 0 Å². The molecule has 2 rings (SSSR count). The van der Waals surface area contributed by atoms with Gasteiger partial charge >= 0.3 is 0 Å². The van der Waals surface area contributed by atoms with Crippen LogP contribution in [0.3, 0.4) is 0 Å². The normalized spacial score (nSPS) is 21.0. The molecule has 1 N–H and O–H groups in total. The van der Waals surface area contributed by atoms with E-state index in [4.69, 9.17) is 0 Å². The van der Waals surface area contributed by atoms with Crippen LogP contribution < -0.4 is 4.90 Å². The van der Waals surface area contributed by atoms with Gasteiger partial charge in [0.2, 0.25) is 5.95 Å². The second kappa shape index (κ2) is 4.10. The molecule has 1 aliphatic rings. The summed E-state index contributed by atoms with van der Waals surface area (Å²) in [5.41, 5.74) is 0. The molecule has 0 spiro atoms. The predicted molar refractivity (Wildman–Crippen MR) is 56.8 cm³/mol. The number of anilines is 1. The van der Waals surface area contributed by atoms with Gasteiger partial charge in [-0.3, -0.25) is 0 Å². The Bertz CT molecular complexity index is 335. The Hall–Kier alpha value is -1.23. The first-order chi connectivity index (χ1) is 7.20. The molecule has 2 heterocycles. The van der Waals surface area contributed by atoms with Crippen LogP contribution >= 0.6 is 0 Å². The minimum absolute atomic E-state index is 0.170. The highest BCUT2D eigenvalue weighted by Crippen LogP contribution is 2.21. The van der Waals surface area contributed by atoms with Gasteiger partial charge in [-0.15, -0.1) is 0 Å². The molecule has 1 aliphatic heterocycles. The van der Waals surface area contributed by atoms with Crippen molar-refractivity contribution in [3.05, 3.63) is 11.6 Å². The molecule has 5 heteroatoms. The molecule has 0 unspecified atom stereocenters. The quantitative estimate of drug-likeness (QED) is 0.764. The van der Waals surface area contributed by atoms with Crippen LogP contribution in [0.1, 0.15) is 24.5 Å². The average molecular weight is 208 g/mol. The lowest BCUT2D eigenvalue weighted by Gasteiger charge is -2.22. The monoisotopic (exact) mass is 208 g/mol. The Kier molecular flexibility index (Phi) is 2.81. The third-order valence-electron chi connectivity index (χ3n) is 2.69. The summed E-state index contributed by atoms with van der Waals surface area (Å²) in [6, 6.07) is 0.172. The summed E-state index contributed by atoms with van der Waals surface area (Å²) in [4.78, 5) is 14.8. The van der Waals surface area contributed by atoms with Crippen molar-refractivity contribution in [1.82, 2.24) is 15.0 Å². The molecule has 0 bridgehead atoms. The van der Waals surface area contributed by atoms with Crippen LogP contribution in [-0.2, 0) is 0 Å². The van der Waals surface area contributed by atoms with Crippen molar-refractivity contribution in [3.63, 3.8) is 0 Å². The molecule has 0 aliphatic carbocycles. The Balaban J connectivity index is 2.28. The molecule has 1 atom stereocenters. The Morgan fingerprint density at radius 3 is 2.53 bits per heavy atom. The highest BCUT2D eigenvalue weighted by Gasteiger charge is 2.26. The molecule has 1 fully saturated rings. The SMILES string of the molecule is Cc1nc(C)nc(N2CCC[C@H]2CO)n1. The highest BCUT2D eigenvalue weighted by molar-refractivity contribution is 5.33. The van der Waals surface area contributed by atoms with Gasteiger partial charge in [0.25, 0.3) is 0 Å². The third-order valence-corrected chi connectivity index (χ3v) is 2.69. The number of hydrogen-bond acceptors (Lipinski definition) is 5. The zero-order chi connectivity index (χ0) is 10.8. The van der Waals surface area contributed by atoms with Crippen LogP contribution in [0, 0.1) is 13.8 Å². The Morgan fingerprint density at radius 1 is 1.27 bits per heavy atom. The van der Waals surface area contributed by atoms with Crippen molar-refractivity contribution in [2.24, 2.45) is 0 Å². The fourth-order valence-electron chi connectivity index (χ4n) is 2.02. The van der Waals surface area contributed by atoms with Gasteiger partial charge in [-0.2, -0.15) is 9.97 Å². The Morgan fingerprint density at radius 2 is 1.93 bits per heavy atom. The van der Waals surface area contributed by atoms with Gasteiger partial charge in [-0.25, -0.2) is 4.98 Å². The fraction of sp³-hybridized carbons (Fsp3) is 0.700. The smallest absolute Gasteiger partial charge is 0.229 e. The first kappa shape index (κ1) is 10.3. The number of nitrogens with zero attached hydrogens (tertiary/aromatic N) is 4. The van der Waals surface area contributed by atoms with E-state index in [2.05, 4.69) is 19.9 Å². The number of aliphatic hydroxyl groups excluding tert-OH is 1. The lowest BCUT2D eigenvalue weighted by molar-refractivity contribution is 0.265. The molecule has 0 aromatic carbocycles. The third kappa shape index (κ3) is 2.07. The van der Waals surface area contributed by atoms with E-state index >= 15 is 0 Å². The van der Waals surface area contributed by atoms with E-state index in [0.29, 0.717) is 5.95 Å². The molecule has 5 nitrogen and oxygen atoms in total. The van der Waals surface area contributed by atoms with E-state index in [1.807, 2.05) is 13.8 Å². The standard InChI is InChI=1S/C10H16N4O/c1-7-11-8(2)13-10(12-7)14-5-3-4-9(14)6-15/h9,15H,3-6H2,1-2H3/t9-/m0/s1. The largest absolute Gasteiger partial charge is 0.394 e. The van der Waals surface area contributed by atoms with Gasteiger partial charge < -0.3 is 10.0 Å². The zero-order valence-electron chi connectivity index (χ0n) is 9.14. The maximum absolute atomic E-state index is 9.22. The molecule has 1 aromatic heterocycles. The minimum Gasteiger partial charge on any atom is -0.394 e. The van der Waals surface area contributed by atoms with E-state index in [9.17, 15) is 5.11 Å². The van der Waals surface area contributed by atoms with Crippen LogP contribution in [0.15, 0.2) is 0 Å². The van der Waals surface area contributed by atoms with E-state index in [0.717, 1.165) is 31.0 Å². The molecule has 15 heavy (non-hydrogen) atoms. The van der Waals surface area contributed by atoms with E-state index in [-0.39, 0.29) is 12.6 Å². The van der Waals surface area contributed by atoms with Crippen molar-refractivity contribution < 1.29 is 5.11 Å². The van der Waals surface area contributed by atoms with Gasteiger partial charge in [-0.1, -0.05) is 0 Å². The maximum atomic E-state index is 9.22. The van der Waals surface area contributed by atoms with E-state index in [1.165, 1.54) is 0 Å². The topological polar surface area (TPSA) is 62.1 Å². The summed E-state index contributed by atoms with van der Waals surface area (Å²) in [7, 11) is 0. The first-order valence-electron chi connectivity index (χ1n) is 5.27. The van der Waals surface area contributed by atoms with Crippen LogP contribution in [0.4, 0.5) is 5.95 Å². The fourth-order valence-corrected chi connectivity index (χ4v) is 2.02. The zero-order valence-corrected chi connectivity index (χ0v) is 9.14. The van der Waals surface area contributed by atoms with Gasteiger partial charge in [0, 0.05) is 6.54 Å². The molecule has 0 saturated carbocycles. The van der Waals surface area contributed by atoms with Crippen molar-refractivity contribution in [2.75, 3.05) is 18.1 Å². The minimum atomic E-state index is 0.170. The summed E-state index contributed by atoms with van der Waals surface area (Å²) < 4.78 is 0. The second-order valence-corrected chi connectivity index (χ2v) is 3.90. The molecule has 1 aromatic rings. The summed E-state index contributed by atoms with van der Waals surface area (Å²) in [6.45, 7) is 4.82. The van der Waals surface area contributed by atoms with E-state index < -0.39 is 0 Å². The predicted octanol–water partition coefficient (Wildman–Crippen LogP) is 0.450. The van der Waals surface area contributed by atoms with E-state index in [1.54, 1.807) is 0 Å². The highest BCUT2D eigenvalue weighted by atomic mass is 16.3. The van der Waals surface area contributed by atoms with Gasteiger partial charge in [0.05, 0.1) is 12.6 Å². The summed E-state index contributed by atoms with van der Waals surface area (Å²) in [5.74, 6) is 2.18. The molecule has 1 saturated heterocycles. The molecular formula is C10H16N4O. The number of rotatable bonds is 2. The van der Waals surface area contributed by atoms with Crippen molar-refractivity contribution in [2.45, 2.75) is 32.7 Å². The first-order valence-corrected chi connectivity index (χ1v) is 5.27. The second-order valence-electron chi connectivity index (χ2n) is 3.90. The van der Waals surface area contributed by atoms with Crippen LogP contribution in [0.25, 0.3) is 0 Å². The van der Waals surface area contributed by atoms with Gasteiger partial charge in [0.15, 0.2) is 0 Å². The summed E-state index contributed by atoms with van der Waals surface area (Å²) >= 11 is 0. The Labute approximate surface area is 89.2 Å². The molecule has 82 valence electrons. The molecule has 0 amide bonds. The van der Waals surface area contributed by atoms with Gasteiger partial charge in [-0.05, 0) is 26.7 Å². The molecular weight excluding hydrogens is 192 g/mol. The number of aliphatic hydroxyl groups is 1. The number of aromatic nitrogens is 3. The lowest BCUT2D eigenvalue weighted by Crippen LogP contribution is -2.33. The lowest BCUT2D eigenvalue weighted by atomic mass is 10.2.